The molecular formula is C24H27FN6O2S. The van der Waals surface area contributed by atoms with Gasteiger partial charge in [-0.1, -0.05) is 55.0 Å². The van der Waals surface area contributed by atoms with E-state index in [9.17, 15) is 4.39 Å². The quantitative estimate of drug-likeness (QED) is 0.265. The summed E-state index contributed by atoms with van der Waals surface area (Å²) in [5, 5.41) is 12.6. The summed E-state index contributed by atoms with van der Waals surface area (Å²) in [6, 6.07) is 11.0. The highest BCUT2D eigenvalue weighted by Crippen LogP contribution is 2.34. The van der Waals surface area contributed by atoms with Crippen molar-refractivity contribution in [2.24, 2.45) is 0 Å². The Kier molecular flexibility index (Phi) is 6.87. The minimum atomic E-state index is -0.316. The number of thioether (sulfide) groups is 1. The van der Waals surface area contributed by atoms with Crippen molar-refractivity contribution in [3.63, 3.8) is 0 Å². The second kappa shape index (κ2) is 9.84. The Morgan fingerprint density at radius 2 is 1.91 bits per heavy atom. The van der Waals surface area contributed by atoms with E-state index in [1.54, 1.807) is 19.1 Å². The molecule has 0 radical (unpaired) electrons. The van der Waals surface area contributed by atoms with Crippen molar-refractivity contribution in [3.8, 4) is 17.1 Å². The highest BCUT2D eigenvalue weighted by atomic mass is 32.2. The van der Waals surface area contributed by atoms with E-state index < -0.39 is 0 Å². The van der Waals surface area contributed by atoms with Gasteiger partial charge in [0.15, 0.2) is 5.82 Å². The number of hydrogen-bond donors (Lipinski definition) is 1. The van der Waals surface area contributed by atoms with E-state index >= 15 is 0 Å². The van der Waals surface area contributed by atoms with Crippen LogP contribution in [0, 0.1) is 19.7 Å². The zero-order valence-corrected chi connectivity index (χ0v) is 20.6. The molecule has 4 aromatic rings. The highest BCUT2D eigenvalue weighted by molar-refractivity contribution is 7.99. The molecule has 8 nitrogen and oxygen atoms in total. The topological polar surface area (TPSA) is 105 Å². The number of nitrogen functional groups attached to an aromatic ring is 1. The fourth-order valence-corrected chi connectivity index (χ4v) is 4.15. The summed E-state index contributed by atoms with van der Waals surface area (Å²) >= 11 is 1.33. The van der Waals surface area contributed by atoms with Gasteiger partial charge in [0.2, 0.25) is 16.9 Å². The van der Waals surface area contributed by atoms with Crippen LogP contribution in [-0.2, 0) is 6.61 Å². The third-order valence-electron chi connectivity index (χ3n) is 5.38. The average Bonchev–Trinajstić information content (AvgIpc) is 3.42. The van der Waals surface area contributed by atoms with E-state index in [1.165, 1.54) is 22.5 Å². The smallest absolute Gasteiger partial charge is 0.240 e. The van der Waals surface area contributed by atoms with Crippen molar-refractivity contribution >= 4 is 11.8 Å². The number of aryl methyl sites for hydroxylation is 2. The molecule has 0 amide bonds. The maximum atomic E-state index is 13.9. The summed E-state index contributed by atoms with van der Waals surface area (Å²) in [7, 11) is 0. The van der Waals surface area contributed by atoms with E-state index in [-0.39, 0.29) is 17.7 Å². The first-order valence-corrected chi connectivity index (χ1v) is 11.8. The van der Waals surface area contributed by atoms with E-state index in [0.29, 0.717) is 39.7 Å². The lowest BCUT2D eigenvalue weighted by molar-refractivity contribution is 0.287. The van der Waals surface area contributed by atoms with Gasteiger partial charge in [-0.25, -0.2) is 9.07 Å². The Balaban J connectivity index is 1.44. The molecule has 0 aliphatic carbocycles. The van der Waals surface area contributed by atoms with Crippen molar-refractivity contribution < 1.29 is 13.7 Å². The molecule has 0 aliphatic heterocycles. The Labute approximate surface area is 201 Å². The number of aromatic nitrogens is 5. The Morgan fingerprint density at radius 3 is 2.65 bits per heavy atom. The molecule has 0 spiro atoms. The molecule has 10 heteroatoms. The van der Waals surface area contributed by atoms with E-state index in [0.717, 1.165) is 16.9 Å². The monoisotopic (exact) mass is 482 g/mol. The van der Waals surface area contributed by atoms with Gasteiger partial charge in [-0.15, -0.1) is 10.2 Å². The van der Waals surface area contributed by atoms with Crippen molar-refractivity contribution in [2.75, 3.05) is 5.84 Å². The number of nitrogens with two attached hydrogens (primary N) is 1. The van der Waals surface area contributed by atoms with Crippen LogP contribution < -0.4 is 10.6 Å². The van der Waals surface area contributed by atoms with Gasteiger partial charge in [0.05, 0.1) is 5.25 Å². The Hall–Kier alpha value is -3.40. The zero-order valence-electron chi connectivity index (χ0n) is 19.7. The van der Waals surface area contributed by atoms with E-state index in [2.05, 4.69) is 46.3 Å². The fourth-order valence-electron chi connectivity index (χ4n) is 3.33. The zero-order chi connectivity index (χ0) is 24.4. The van der Waals surface area contributed by atoms with Gasteiger partial charge < -0.3 is 15.1 Å². The standard InChI is InChI=1S/C24H27FN6O2S/c1-13(2)18-9-6-14(3)10-20(18)32-12-21-28-29-24(31(21)26)34-16(5)23-27-22(30-33-23)17-8-7-15(4)19(25)11-17/h6-11,13,16H,12,26H2,1-5H3. The Morgan fingerprint density at radius 1 is 1.12 bits per heavy atom. The summed E-state index contributed by atoms with van der Waals surface area (Å²) in [4.78, 5) is 4.41. The lowest BCUT2D eigenvalue weighted by Gasteiger charge is -2.14. The summed E-state index contributed by atoms with van der Waals surface area (Å²) in [6.07, 6.45) is 0. The molecular weight excluding hydrogens is 455 g/mol. The van der Waals surface area contributed by atoms with E-state index in [1.807, 2.05) is 19.9 Å². The molecule has 1 unspecified atom stereocenters. The molecule has 0 saturated carbocycles. The summed E-state index contributed by atoms with van der Waals surface area (Å²) < 4.78 is 26.7. The van der Waals surface area contributed by atoms with Crippen LogP contribution in [0.2, 0.25) is 0 Å². The van der Waals surface area contributed by atoms with Crippen molar-refractivity contribution in [2.45, 2.75) is 57.5 Å². The van der Waals surface area contributed by atoms with Crippen LogP contribution in [0.3, 0.4) is 0 Å². The molecule has 0 aliphatic rings. The van der Waals surface area contributed by atoms with Crippen molar-refractivity contribution in [1.82, 2.24) is 25.0 Å². The van der Waals surface area contributed by atoms with Crippen LogP contribution in [0.25, 0.3) is 11.4 Å². The summed E-state index contributed by atoms with van der Waals surface area (Å²) in [5.74, 6) is 8.25. The molecule has 0 saturated heterocycles. The first-order chi connectivity index (χ1) is 16.2. The maximum absolute atomic E-state index is 13.9. The third-order valence-corrected chi connectivity index (χ3v) is 6.43. The van der Waals surface area contributed by atoms with Gasteiger partial charge in [-0.05, 0) is 55.5 Å². The normalized spacial score (nSPS) is 12.3. The minimum Gasteiger partial charge on any atom is -0.485 e. The SMILES string of the molecule is Cc1ccc(C(C)C)c(OCc2nnc(SC(C)c3nc(-c4ccc(C)c(F)c4)no3)n2N)c1. The molecule has 4 rings (SSSR count). The molecule has 34 heavy (non-hydrogen) atoms. The van der Waals surface area contributed by atoms with Gasteiger partial charge in [0.1, 0.15) is 18.2 Å². The number of ether oxygens (including phenoxy) is 1. The molecule has 2 aromatic carbocycles. The predicted octanol–water partition coefficient (Wildman–Crippen LogP) is 5.35. The number of rotatable bonds is 8. The number of benzene rings is 2. The predicted molar refractivity (Wildman–Crippen MR) is 128 cm³/mol. The number of nitrogens with zero attached hydrogens (tertiary/aromatic N) is 5. The van der Waals surface area contributed by atoms with E-state index in [4.69, 9.17) is 15.1 Å². The molecule has 2 aromatic heterocycles. The van der Waals surface area contributed by atoms with Crippen molar-refractivity contribution in [3.05, 3.63) is 70.6 Å². The number of hydrogen-bond acceptors (Lipinski definition) is 8. The largest absolute Gasteiger partial charge is 0.485 e. The summed E-state index contributed by atoms with van der Waals surface area (Å²) in [5.41, 5.74) is 3.35. The molecule has 2 N–H and O–H groups in total. The second-order valence-corrected chi connectivity index (χ2v) is 9.74. The number of halogens is 1. The van der Waals surface area contributed by atoms with Crippen LogP contribution in [-0.4, -0.2) is 25.0 Å². The second-order valence-electron chi connectivity index (χ2n) is 8.43. The summed E-state index contributed by atoms with van der Waals surface area (Å²) in [6.45, 7) is 10.0. The minimum absolute atomic E-state index is 0.186. The van der Waals surface area contributed by atoms with Gasteiger partial charge in [0.25, 0.3) is 0 Å². The van der Waals surface area contributed by atoms with Crippen LogP contribution in [0.5, 0.6) is 5.75 Å². The van der Waals surface area contributed by atoms with Crippen molar-refractivity contribution in [1.29, 1.82) is 0 Å². The molecule has 1 atom stereocenters. The maximum Gasteiger partial charge on any atom is 0.240 e. The lowest BCUT2D eigenvalue weighted by atomic mass is 10.0. The van der Waals surface area contributed by atoms with Gasteiger partial charge >= 0.3 is 0 Å². The molecule has 0 bridgehead atoms. The van der Waals surface area contributed by atoms with Crippen LogP contribution in [0.1, 0.15) is 60.3 Å². The van der Waals surface area contributed by atoms with Gasteiger partial charge in [-0.3, -0.25) is 0 Å². The van der Waals surface area contributed by atoms with Gasteiger partial charge in [0, 0.05) is 5.56 Å². The molecule has 0 fully saturated rings. The third kappa shape index (κ3) is 5.06. The van der Waals surface area contributed by atoms with Crippen LogP contribution >= 0.6 is 11.8 Å². The van der Waals surface area contributed by atoms with Crippen LogP contribution in [0.4, 0.5) is 4.39 Å². The fraction of sp³-hybridized carbons (Fsp3) is 0.333. The lowest BCUT2D eigenvalue weighted by Crippen LogP contribution is -2.16. The van der Waals surface area contributed by atoms with Crippen LogP contribution in [0.15, 0.2) is 46.1 Å². The first-order valence-electron chi connectivity index (χ1n) is 10.9. The molecule has 178 valence electrons. The van der Waals surface area contributed by atoms with Gasteiger partial charge in [-0.2, -0.15) is 4.98 Å². The first kappa shape index (κ1) is 23.7. The molecule has 2 heterocycles. The highest BCUT2D eigenvalue weighted by Gasteiger charge is 2.21. The Bertz CT molecular complexity index is 1300. The average molecular weight is 483 g/mol.